The number of hydrogen-bond acceptors (Lipinski definition) is 4. The number of alkyl halides is 3. The minimum absolute atomic E-state index is 0.0850. The molecule has 5 rings (SSSR count). The van der Waals surface area contributed by atoms with Crippen molar-refractivity contribution >= 4 is 23.1 Å². The minimum atomic E-state index is -4.68. The van der Waals surface area contributed by atoms with Gasteiger partial charge in [0.05, 0.1) is 17.3 Å². The standard InChI is InChI=1S/C30H27F6N5O2/c31-18-10-16(11-19(32)14-18)12-24(27-20(5-3-9-38-27)17-7-8-23(33)22(13-17)29(37)43)39-26(42)15-41-25-6-2-1-4-21(25)28(40-41)30(34,35)36/h5,7-8,10-11,13-14,24H,1-4,6,9,12,15H2,(H2,37,43)(H,39,42)/t24-/m0/s1. The normalized spacial score (nSPS) is 15.8. The number of aromatic nitrogens is 2. The molecule has 0 fully saturated rings. The number of fused-ring (bicyclic) bond motifs is 1. The van der Waals surface area contributed by atoms with E-state index in [4.69, 9.17) is 5.73 Å². The molecule has 2 aliphatic rings. The number of benzene rings is 2. The summed E-state index contributed by atoms with van der Waals surface area (Å²) in [7, 11) is 0. The Morgan fingerprint density at radius 2 is 1.74 bits per heavy atom. The summed E-state index contributed by atoms with van der Waals surface area (Å²) in [6.45, 7) is -0.227. The van der Waals surface area contributed by atoms with Gasteiger partial charge in [-0.2, -0.15) is 18.3 Å². The lowest BCUT2D eigenvalue weighted by molar-refractivity contribution is -0.142. The number of amides is 2. The number of dihydropyridines is 1. The number of nitrogens with zero attached hydrogens (tertiary/aromatic N) is 3. The molecule has 1 aliphatic carbocycles. The van der Waals surface area contributed by atoms with Gasteiger partial charge in [0.25, 0.3) is 5.91 Å². The quantitative estimate of drug-likeness (QED) is 0.356. The summed E-state index contributed by atoms with van der Waals surface area (Å²) in [5.74, 6) is -4.19. The average Bonchev–Trinajstić information content (AvgIpc) is 3.31. The maximum Gasteiger partial charge on any atom is 0.435 e. The summed E-state index contributed by atoms with van der Waals surface area (Å²) >= 11 is 0. The first kappa shape index (κ1) is 30.1. The predicted octanol–water partition coefficient (Wildman–Crippen LogP) is 4.95. The highest BCUT2D eigenvalue weighted by atomic mass is 19.4. The Labute approximate surface area is 242 Å². The molecule has 0 saturated heterocycles. The molecule has 0 bridgehead atoms. The molecule has 2 aromatic carbocycles. The van der Waals surface area contributed by atoms with Crippen LogP contribution in [0.2, 0.25) is 0 Å². The fourth-order valence-electron chi connectivity index (χ4n) is 5.61. The van der Waals surface area contributed by atoms with Gasteiger partial charge in [0.2, 0.25) is 5.91 Å². The van der Waals surface area contributed by atoms with E-state index in [-0.39, 0.29) is 35.2 Å². The van der Waals surface area contributed by atoms with Crippen molar-refractivity contribution in [2.45, 2.75) is 57.3 Å². The smallest absolute Gasteiger partial charge is 0.366 e. The maximum absolute atomic E-state index is 14.2. The summed E-state index contributed by atoms with van der Waals surface area (Å²) in [5, 5.41) is 6.50. The van der Waals surface area contributed by atoms with E-state index in [1.807, 2.05) is 0 Å². The summed E-state index contributed by atoms with van der Waals surface area (Å²) < 4.78 is 84.5. The number of nitrogens with two attached hydrogens (primary N) is 1. The molecular formula is C30H27F6N5O2. The van der Waals surface area contributed by atoms with Crippen molar-refractivity contribution < 1.29 is 35.9 Å². The Morgan fingerprint density at radius 3 is 2.44 bits per heavy atom. The van der Waals surface area contributed by atoms with Gasteiger partial charge < -0.3 is 11.1 Å². The topological polar surface area (TPSA) is 102 Å². The number of carbonyl (C=O) groups excluding carboxylic acids is 2. The van der Waals surface area contributed by atoms with Crippen LogP contribution in [-0.2, 0) is 36.8 Å². The molecule has 0 spiro atoms. The highest BCUT2D eigenvalue weighted by Gasteiger charge is 2.40. The van der Waals surface area contributed by atoms with Gasteiger partial charge in [-0.1, -0.05) is 12.1 Å². The second kappa shape index (κ2) is 12.1. The number of nitrogens with one attached hydrogen (secondary N) is 1. The Kier molecular flexibility index (Phi) is 8.43. The fraction of sp³-hybridized carbons (Fsp3) is 0.333. The van der Waals surface area contributed by atoms with Gasteiger partial charge in [0.15, 0.2) is 5.69 Å². The van der Waals surface area contributed by atoms with Crippen molar-refractivity contribution in [1.29, 1.82) is 0 Å². The minimum Gasteiger partial charge on any atom is -0.366 e. The number of carbonyl (C=O) groups is 2. The molecule has 1 aliphatic heterocycles. The van der Waals surface area contributed by atoms with Crippen LogP contribution in [0.25, 0.3) is 5.57 Å². The maximum atomic E-state index is 14.2. The Hall–Kier alpha value is -4.42. The molecule has 3 aromatic rings. The zero-order valence-corrected chi connectivity index (χ0v) is 22.8. The molecule has 43 heavy (non-hydrogen) atoms. The van der Waals surface area contributed by atoms with Crippen LogP contribution < -0.4 is 11.1 Å². The summed E-state index contributed by atoms with van der Waals surface area (Å²) in [5.41, 5.74) is 5.65. The van der Waals surface area contributed by atoms with E-state index in [0.717, 1.165) is 22.9 Å². The summed E-state index contributed by atoms with van der Waals surface area (Å²) in [6, 6.07) is 5.61. The Balaban J connectivity index is 1.49. The van der Waals surface area contributed by atoms with Gasteiger partial charge in [-0.25, -0.2) is 13.2 Å². The van der Waals surface area contributed by atoms with Gasteiger partial charge in [-0.05, 0) is 73.9 Å². The van der Waals surface area contributed by atoms with Crippen LogP contribution in [0.3, 0.4) is 0 Å². The molecule has 1 atom stereocenters. The highest BCUT2D eigenvalue weighted by molar-refractivity contribution is 6.27. The van der Waals surface area contributed by atoms with E-state index in [1.165, 1.54) is 12.1 Å². The van der Waals surface area contributed by atoms with E-state index in [0.29, 0.717) is 55.1 Å². The van der Waals surface area contributed by atoms with Gasteiger partial charge in [0, 0.05) is 29.4 Å². The molecule has 1 aromatic heterocycles. The molecule has 3 N–H and O–H groups in total. The van der Waals surface area contributed by atoms with Crippen LogP contribution in [-0.4, -0.2) is 39.9 Å². The average molecular weight is 604 g/mol. The van der Waals surface area contributed by atoms with Crippen molar-refractivity contribution in [3.05, 3.63) is 93.6 Å². The first-order chi connectivity index (χ1) is 20.4. The van der Waals surface area contributed by atoms with Crippen LogP contribution in [0.5, 0.6) is 0 Å². The summed E-state index contributed by atoms with van der Waals surface area (Å²) in [4.78, 5) is 29.7. The number of hydrogen-bond donors (Lipinski definition) is 2. The molecule has 7 nitrogen and oxygen atoms in total. The van der Waals surface area contributed by atoms with Crippen molar-refractivity contribution in [2.24, 2.45) is 10.7 Å². The van der Waals surface area contributed by atoms with E-state index >= 15 is 0 Å². The molecule has 226 valence electrons. The van der Waals surface area contributed by atoms with Crippen LogP contribution >= 0.6 is 0 Å². The zero-order chi connectivity index (χ0) is 30.9. The van der Waals surface area contributed by atoms with Crippen LogP contribution in [0.4, 0.5) is 26.3 Å². The molecule has 13 heteroatoms. The molecule has 0 unspecified atom stereocenters. The SMILES string of the molecule is NC(=O)c1cc(C2=CCCN=C2[C@H](Cc2cc(F)cc(F)c2)NC(=O)Cn2nc(C(F)(F)F)c3c2CCCC3)ccc1F. The van der Waals surface area contributed by atoms with Crippen molar-refractivity contribution in [3.8, 4) is 0 Å². The molecule has 2 amide bonds. The van der Waals surface area contributed by atoms with Gasteiger partial charge in [-0.3, -0.25) is 19.3 Å². The van der Waals surface area contributed by atoms with Gasteiger partial charge in [0.1, 0.15) is 24.0 Å². The predicted molar refractivity (Wildman–Crippen MR) is 146 cm³/mol. The largest absolute Gasteiger partial charge is 0.435 e. The third-order valence-corrected chi connectivity index (χ3v) is 7.42. The van der Waals surface area contributed by atoms with E-state index in [1.54, 1.807) is 6.08 Å². The molecule has 0 saturated carbocycles. The van der Waals surface area contributed by atoms with Crippen molar-refractivity contribution in [2.75, 3.05) is 6.54 Å². The first-order valence-corrected chi connectivity index (χ1v) is 13.7. The van der Waals surface area contributed by atoms with Crippen LogP contribution in [0, 0.1) is 17.5 Å². The monoisotopic (exact) mass is 603 g/mol. The number of halogens is 6. The first-order valence-electron chi connectivity index (χ1n) is 13.7. The van der Waals surface area contributed by atoms with Crippen LogP contribution in [0.15, 0.2) is 47.5 Å². The van der Waals surface area contributed by atoms with Crippen molar-refractivity contribution in [3.63, 3.8) is 0 Å². The lowest BCUT2D eigenvalue weighted by Gasteiger charge is -2.26. The van der Waals surface area contributed by atoms with Crippen LogP contribution in [0.1, 0.15) is 57.7 Å². The van der Waals surface area contributed by atoms with E-state index < -0.39 is 53.7 Å². The number of rotatable bonds is 8. The molecule has 0 radical (unpaired) electrons. The van der Waals surface area contributed by atoms with Gasteiger partial charge >= 0.3 is 6.18 Å². The third-order valence-electron chi connectivity index (χ3n) is 7.42. The van der Waals surface area contributed by atoms with E-state index in [2.05, 4.69) is 15.4 Å². The summed E-state index contributed by atoms with van der Waals surface area (Å²) in [6.07, 6.45) is -0.799. The third kappa shape index (κ3) is 6.65. The highest BCUT2D eigenvalue weighted by Crippen LogP contribution is 2.36. The lowest BCUT2D eigenvalue weighted by Crippen LogP contribution is -2.45. The zero-order valence-electron chi connectivity index (χ0n) is 22.8. The molecule has 2 heterocycles. The molecular weight excluding hydrogens is 576 g/mol. The second-order valence-corrected chi connectivity index (χ2v) is 10.5. The number of aliphatic imine (C=N–C) groups is 1. The number of primary amides is 1. The van der Waals surface area contributed by atoms with Gasteiger partial charge in [-0.15, -0.1) is 0 Å². The Bertz CT molecular complexity index is 1620. The fourth-order valence-corrected chi connectivity index (χ4v) is 5.61. The Morgan fingerprint density at radius 1 is 1.02 bits per heavy atom. The second-order valence-electron chi connectivity index (χ2n) is 10.5. The van der Waals surface area contributed by atoms with E-state index in [9.17, 15) is 35.9 Å². The van der Waals surface area contributed by atoms with Crippen molar-refractivity contribution in [1.82, 2.24) is 15.1 Å². The lowest BCUT2D eigenvalue weighted by atomic mass is 9.89.